The van der Waals surface area contributed by atoms with E-state index in [1.807, 2.05) is 30.3 Å². The first-order valence-corrected chi connectivity index (χ1v) is 10.5. The molecule has 1 amide bonds. The lowest BCUT2D eigenvalue weighted by Crippen LogP contribution is -2.15. The molecule has 8 nitrogen and oxygen atoms in total. The normalized spacial score (nSPS) is 12.4. The number of aliphatic hydroxyl groups is 1. The number of carbonyl (C=O) groups excluding carboxylic acids is 1. The molecule has 0 aliphatic carbocycles. The van der Waals surface area contributed by atoms with Crippen molar-refractivity contribution in [1.29, 1.82) is 0 Å². The van der Waals surface area contributed by atoms with Gasteiger partial charge in [-0.1, -0.05) is 47.1 Å². The maximum atomic E-state index is 12.5. The van der Waals surface area contributed by atoms with Gasteiger partial charge in [0, 0.05) is 16.8 Å². The second-order valence-corrected chi connectivity index (χ2v) is 7.64. The molecule has 33 heavy (non-hydrogen) atoms. The first kappa shape index (κ1) is 21.0. The molecule has 1 aliphatic rings. The summed E-state index contributed by atoms with van der Waals surface area (Å²) >= 11 is 6.70. The summed E-state index contributed by atoms with van der Waals surface area (Å²) in [4.78, 5) is 16.8. The second-order valence-electron chi connectivity index (χ2n) is 7.26. The van der Waals surface area contributed by atoms with Gasteiger partial charge in [0.2, 0.25) is 5.82 Å². The Hall–Kier alpha value is -3.88. The number of anilines is 1. The molecule has 2 N–H and O–H groups in total. The number of aromatic nitrogens is 2. The SMILES string of the molecule is O=C(Nc1cccc(CO)c1)c1nc(-c2cccc(-c3ccc4c(c3)OCCO4)c2Cl)no1. The first-order valence-electron chi connectivity index (χ1n) is 10.2. The third kappa shape index (κ3) is 4.26. The highest BCUT2D eigenvalue weighted by Crippen LogP contribution is 2.39. The van der Waals surface area contributed by atoms with E-state index in [2.05, 4.69) is 15.5 Å². The maximum Gasteiger partial charge on any atom is 0.316 e. The van der Waals surface area contributed by atoms with Gasteiger partial charge < -0.3 is 24.4 Å². The summed E-state index contributed by atoms with van der Waals surface area (Å²) in [6, 6.07) is 17.9. The Labute approximate surface area is 193 Å². The Morgan fingerprint density at radius 2 is 1.79 bits per heavy atom. The van der Waals surface area contributed by atoms with Gasteiger partial charge in [0.15, 0.2) is 11.5 Å². The molecule has 0 bridgehead atoms. The number of fused-ring (bicyclic) bond motifs is 1. The van der Waals surface area contributed by atoms with Crippen molar-refractivity contribution in [3.8, 4) is 34.0 Å². The molecule has 1 aromatic heterocycles. The largest absolute Gasteiger partial charge is 0.486 e. The molecule has 5 rings (SSSR count). The van der Waals surface area contributed by atoms with E-state index < -0.39 is 5.91 Å². The minimum atomic E-state index is -0.567. The van der Waals surface area contributed by atoms with Crippen LogP contribution in [0.5, 0.6) is 11.5 Å². The molecule has 0 saturated heterocycles. The standard InChI is InChI=1S/C24H18ClN3O5/c25-21-17(15-7-8-19-20(12-15)32-10-9-31-19)5-2-6-18(21)22-27-24(33-28-22)23(30)26-16-4-1-3-14(11-16)13-29/h1-8,11-12,29H,9-10,13H2,(H,26,30). The molecule has 0 fully saturated rings. The topological polar surface area (TPSA) is 107 Å². The summed E-state index contributed by atoms with van der Waals surface area (Å²) in [5.41, 5.74) is 3.29. The fraction of sp³-hybridized carbons (Fsp3) is 0.125. The van der Waals surface area contributed by atoms with E-state index >= 15 is 0 Å². The van der Waals surface area contributed by atoms with E-state index in [1.165, 1.54) is 0 Å². The first-order chi connectivity index (χ1) is 16.1. The van der Waals surface area contributed by atoms with Crippen LogP contribution in [0.3, 0.4) is 0 Å². The van der Waals surface area contributed by atoms with Crippen molar-refractivity contribution in [3.63, 3.8) is 0 Å². The van der Waals surface area contributed by atoms with E-state index in [4.69, 9.17) is 25.6 Å². The molecular weight excluding hydrogens is 446 g/mol. The molecule has 1 aliphatic heterocycles. The number of amides is 1. The van der Waals surface area contributed by atoms with Crippen LogP contribution in [0.2, 0.25) is 5.02 Å². The van der Waals surface area contributed by atoms with Gasteiger partial charge in [-0.2, -0.15) is 4.98 Å². The van der Waals surface area contributed by atoms with Crippen LogP contribution in [0.25, 0.3) is 22.5 Å². The van der Waals surface area contributed by atoms with Gasteiger partial charge in [0.25, 0.3) is 0 Å². The van der Waals surface area contributed by atoms with Gasteiger partial charge in [-0.15, -0.1) is 0 Å². The summed E-state index contributed by atoms with van der Waals surface area (Å²) in [6.45, 7) is 0.873. The highest BCUT2D eigenvalue weighted by atomic mass is 35.5. The number of nitrogens with zero attached hydrogens (tertiary/aromatic N) is 2. The fourth-order valence-corrected chi connectivity index (χ4v) is 3.82. The van der Waals surface area contributed by atoms with E-state index in [0.29, 0.717) is 46.5 Å². The maximum absolute atomic E-state index is 12.5. The summed E-state index contributed by atoms with van der Waals surface area (Å²) in [6.07, 6.45) is 0. The Kier molecular flexibility index (Phi) is 5.68. The Balaban J connectivity index is 1.41. The highest BCUT2D eigenvalue weighted by molar-refractivity contribution is 6.36. The van der Waals surface area contributed by atoms with Gasteiger partial charge >= 0.3 is 11.8 Å². The van der Waals surface area contributed by atoms with Gasteiger partial charge in [-0.3, -0.25) is 4.79 Å². The molecule has 3 aromatic carbocycles. The Morgan fingerprint density at radius 3 is 2.64 bits per heavy atom. The van der Waals surface area contributed by atoms with Crippen LogP contribution >= 0.6 is 11.6 Å². The lowest BCUT2D eigenvalue weighted by molar-refractivity contribution is 0.0981. The number of aliphatic hydroxyl groups excluding tert-OH is 1. The zero-order valence-corrected chi connectivity index (χ0v) is 18.0. The molecular formula is C24H18ClN3O5. The molecule has 0 unspecified atom stereocenters. The number of halogens is 1. The van der Waals surface area contributed by atoms with Crippen molar-refractivity contribution in [3.05, 3.63) is 77.1 Å². The van der Waals surface area contributed by atoms with Gasteiger partial charge in [-0.25, -0.2) is 0 Å². The lowest BCUT2D eigenvalue weighted by atomic mass is 10.0. The average Bonchev–Trinajstić information content (AvgIpc) is 3.34. The number of carbonyl (C=O) groups is 1. The molecule has 2 heterocycles. The lowest BCUT2D eigenvalue weighted by Gasteiger charge is -2.19. The van der Waals surface area contributed by atoms with E-state index in [9.17, 15) is 9.90 Å². The van der Waals surface area contributed by atoms with Crippen molar-refractivity contribution in [2.75, 3.05) is 18.5 Å². The van der Waals surface area contributed by atoms with E-state index in [0.717, 1.165) is 11.1 Å². The minimum absolute atomic E-state index is 0.132. The zero-order valence-electron chi connectivity index (χ0n) is 17.2. The number of hydrogen-bond acceptors (Lipinski definition) is 7. The summed E-state index contributed by atoms with van der Waals surface area (Å²) < 4.78 is 16.4. The molecule has 166 valence electrons. The number of hydrogen-bond donors (Lipinski definition) is 2. The van der Waals surface area contributed by atoms with Crippen molar-refractivity contribution in [1.82, 2.24) is 10.1 Å². The van der Waals surface area contributed by atoms with Crippen LogP contribution in [-0.2, 0) is 6.61 Å². The van der Waals surface area contributed by atoms with Crippen LogP contribution < -0.4 is 14.8 Å². The average molecular weight is 464 g/mol. The zero-order chi connectivity index (χ0) is 22.8. The van der Waals surface area contributed by atoms with E-state index in [1.54, 1.807) is 30.3 Å². The smallest absolute Gasteiger partial charge is 0.316 e. The molecule has 0 radical (unpaired) electrons. The molecule has 0 atom stereocenters. The monoisotopic (exact) mass is 463 g/mol. The Morgan fingerprint density at radius 1 is 1.00 bits per heavy atom. The summed E-state index contributed by atoms with van der Waals surface area (Å²) in [5, 5.41) is 16.3. The molecule has 0 saturated carbocycles. The van der Waals surface area contributed by atoms with Gasteiger partial charge in [0.1, 0.15) is 13.2 Å². The predicted octanol–water partition coefficient (Wildman–Crippen LogP) is 4.57. The third-order valence-electron chi connectivity index (χ3n) is 5.08. The van der Waals surface area contributed by atoms with Gasteiger partial charge in [-0.05, 0) is 41.5 Å². The molecule has 9 heteroatoms. The minimum Gasteiger partial charge on any atom is -0.486 e. The van der Waals surface area contributed by atoms with Crippen LogP contribution in [0.4, 0.5) is 5.69 Å². The van der Waals surface area contributed by atoms with Crippen molar-refractivity contribution >= 4 is 23.2 Å². The van der Waals surface area contributed by atoms with Crippen molar-refractivity contribution < 1.29 is 23.9 Å². The predicted molar refractivity (Wildman–Crippen MR) is 121 cm³/mol. The van der Waals surface area contributed by atoms with Gasteiger partial charge in [0.05, 0.1) is 11.6 Å². The molecule has 0 spiro atoms. The van der Waals surface area contributed by atoms with Crippen LogP contribution in [0.15, 0.2) is 65.2 Å². The number of rotatable bonds is 5. The quantitative estimate of drug-likeness (QED) is 0.446. The fourth-order valence-electron chi connectivity index (χ4n) is 3.50. The van der Waals surface area contributed by atoms with Crippen LogP contribution in [0.1, 0.15) is 16.2 Å². The summed E-state index contributed by atoms with van der Waals surface area (Å²) in [5.74, 6) is 0.761. The Bertz CT molecular complexity index is 1340. The summed E-state index contributed by atoms with van der Waals surface area (Å²) in [7, 11) is 0. The number of nitrogens with one attached hydrogen (secondary N) is 1. The highest BCUT2D eigenvalue weighted by Gasteiger charge is 2.20. The molecule has 4 aromatic rings. The second kappa shape index (κ2) is 8.93. The third-order valence-corrected chi connectivity index (χ3v) is 5.49. The van der Waals surface area contributed by atoms with E-state index in [-0.39, 0.29) is 18.3 Å². The van der Waals surface area contributed by atoms with Crippen LogP contribution in [0, 0.1) is 0 Å². The van der Waals surface area contributed by atoms with Crippen molar-refractivity contribution in [2.24, 2.45) is 0 Å². The number of benzene rings is 3. The van der Waals surface area contributed by atoms with Crippen molar-refractivity contribution in [2.45, 2.75) is 6.61 Å². The van der Waals surface area contributed by atoms with Crippen LogP contribution in [-0.4, -0.2) is 34.4 Å². The number of ether oxygens (including phenoxy) is 2.